The van der Waals surface area contributed by atoms with Gasteiger partial charge in [-0.25, -0.2) is 4.79 Å². The number of benzene rings is 2. The molecule has 3 heterocycles. The monoisotopic (exact) mass is 426 g/mol. The summed E-state index contributed by atoms with van der Waals surface area (Å²) in [5.41, 5.74) is 0.823. The van der Waals surface area contributed by atoms with Gasteiger partial charge < -0.3 is 23.7 Å². The summed E-state index contributed by atoms with van der Waals surface area (Å²) in [6.07, 6.45) is 1.59. The standard InChI is InChI=1S/C23H26N2O6/c1-27-17-4-2-16(3-5-17)25-14-20(31-23(25)26)13-24-10-8-18(9-11-24)30-19-6-7-21-22(12-19)29-15-28-21/h2-7,12,18,20H,8-11,13-15H2,1H3/t20-/m0/s1. The summed E-state index contributed by atoms with van der Waals surface area (Å²) in [5.74, 6) is 3.07. The number of hydrogen-bond acceptors (Lipinski definition) is 7. The second-order valence-electron chi connectivity index (χ2n) is 7.95. The molecule has 8 nitrogen and oxygen atoms in total. The molecular formula is C23H26N2O6. The fourth-order valence-electron chi connectivity index (χ4n) is 4.23. The average molecular weight is 426 g/mol. The Morgan fingerprint density at radius 1 is 1.00 bits per heavy atom. The number of carbonyl (C=O) groups excluding carboxylic acids is 1. The number of nitrogens with zero attached hydrogens (tertiary/aromatic N) is 2. The zero-order chi connectivity index (χ0) is 21.2. The van der Waals surface area contributed by atoms with Crippen molar-refractivity contribution in [3.63, 3.8) is 0 Å². The normalized spacial score (nSPS) is 21.3. The number of cyclic esters (lactones) is 1. The van der Waals surface area contributed by atoms with Crippen molar-refractivity contribution in [2.24, 2.45) is 0 Å². The lowest BCUT2D eigenvalue weighted by atomic mass is 10.1. The van der Waals surface area contributed by atoms with Crippen molar-refractivity contribution in [3.8, 4) is 23.0 Å². The Balaban J connectivity index is 1.10. The predicted molar refractivity (Wildman–Crippen MR) is 113 cm³/mol. The van der Waals surface area contributed by atoms with Gasteiger partial charge in [-0.15, -0.1) is 0 Å². The predicted octanol–water partition coefficient (Wildman–Crippen LogP) is 3.29. The number of ether oxygens (including phenoxy) is 5. The minimum absolute atomic E-state index is 0.138. The Kier molecular flexibility index (Phi) is 5.46. The van der Waals surface area contributed by atoms with E-state index in [4.69, 9.17) is 23.7 Å². The van der Waals surface area contributed by atoms with Crippen molar-refractivity contribution < 1.29 is 28.5 Å². The van der Waals surface area contributed by atoms with Gasteiger partial charge in [-0.3, -0.25) is 9.80 Å². The number of carbonyl (C=O) groups is 1. The van der Waals surface area contributed by atoms with Gasteiger partial charge in [-0.2, -0.15) is 0 Å². The van der Waals surface area contributed by atoms with Gasteiger partial charge in [0.2, 0.25) is 6.79 Å². The molecule has 0 saturated carbocycles. The van der Waals surface area contributed by atoms with Crippen LogP contribution in [-0.4, -0.2) is 63.3 Å². The lowest BCUT2D eigenvalue weighted by molar-refractivity contribution is 0.0654. The molecule has 164 valence electrons. The Labute approximate surface area is 181 Å². The summed E-state index contributed by atoms with van der Waals surface area (Å²) in [6.45, 7) is 3.37. The van der Waals surface area contributed by atoms with Crippen molar-refractivity contribution in [1.82, 2.24) is 4.90 Å². The van der Waals surface area contributed by atoms with E-state index >= 15 is 0 Å². The number of amides is 1. The van der Waals surface area contributed by atoms with E-state index in [0.29, 0.717) is 6.54 Å². The number of anilines is 1. The summed E-state index contributed by atoms with van der Waals surface area (Å²) >= 11 is 0. The average Bonchev–Trinajstić information content (AvgIpc) is 3.41. The van der Waals surface area contributed by atoms with E-state index in [1.165, 1.54) is 0 Å². The van der Waals surface area contributed by atoms with Crippen molar-refractivity contribution in [1.29, 1.82) is 0 Å². The van der Waals surface area contributed by atoms with E-state index in [1.54, 1.807) is 12.0 Å². The quantitative estimate of drug-likeness (QED) is 0.702. The van der Waals surface area contributed by atoms with Crippen LogP contribution < -0.4 is 23.8 Å². The van der Waals surface area contributed by atoms with Crippen LogP contribution in [-0.2, 0) is 4.74 Å². The van der Waals surface area contributed by atoms with Crippen LogP contribution in [0.25, 0.3) is 0 Å². The van der Waals surface area contributed by atoms with Crippen molar-refractivity contribution in [3.05, 3.63) is 42.5 Å². The highest BCUT2D eigenvalue weighted by atomic mass is 16.7. The molecule has 31 heavy (non-hydrogen) atoms. The Bertz CT molecular complexity index is 926. The van der Waals surface area contributed by atoms with Crippen molar-refractivity contribution >= 4 is 11.8 Å². The molecular weight excluding hydrogens is 400 g/mol. The third-order valence-corrected chi connectivity index (χ3v) is 5.90. The van der Waals surface area contributed by atoms with Crippen molar-refractivity contribution in [2.45, 2.75) is 25.0 Å². The third-order valence-electron chi connectivity index (χ3n) is 5.90. The Hall–Kier alpha value is -3.13. The van der Waals surface area contributed by atoms with E-state index in [9.17, 15) is 4.79 Å². The number of piperidine rings is 1. The maximum Gasteiger partial charge on any atom is 0.414 e. The van der Waals surface area contributed by atoms with E-state index in [-0.39, 0.29) is 25.1 Å². The molecule has 0 N–H and O–H groups in total. The highest BCUT2D eigenvalue weighted by Crippen LogP contribution is 2.36. The molecule has 2 fully saturated rings. The topological polar surface area (TPSA) is 69.7 Å². The van der Waals surface area contributed by atoms with E-state index in [2.05, 4.69) is 4.90 Å². The molecule has 3 aliphatic rings. The summed E-state index contributed by atoms with van der Waals surface area (Å²) in [5, 5.41) is 0. The molecule has 0 spiro atoms. The number of likely N-dealkylation sites (tertiary alicyclic amines) is 1. The molecule has 0 radical (unpaired) electrons. The second-order valence-corrected chi connectivity index (χ2v) is 7.95. The van der Waals surface area contributed by atoms with Crippen LogP contribution in [0.5, 0.6) is 23.0 Å². The van der Waals surface area contributed by atoms with Crippen LogP contribution in [0.15, 0.2) is 42.5 Å². The van der Waals surface area contributed by atoms with E-state index in [0.717, 1.165) is 61.2 Å². The first-order valence-corrected chi connectivity index (χ1v) is 10.6. The largest absolute Gasteiger partial charge is 0.497 e. The minimum Gasteiger partial charge on any atom is -0.497 e. The maximum atomic E-state index is 12.3. The van der Waals surface area contributed by atoms with Gasteiger partial charge in [0, 0.05) is 31.4 Å². The number of rotatable bonds is 6. The summed E-state index contributed by atoms with van der Waals surface area (Å²) in [6, 6.07) is 13.1. The molecule has 0 bridgehead atoms. The molecule has 2 aromatic carbocycles. The first-order chi connectivity index (χ1) is 15.2. The van der Waals surface area contributed by atoms with Crippen LogP contribution >= 0.6 is 0 Å². The van der Waals surface area contributed by atoms with Crippen LogP contribution in [0, 0.1) is 0 Å². The Morgan fingerprint density at radius 3 is 2.52 bits per heavy atom. The summed E-state index contributed by atoms with van der Waals surface area (Å²) < 4.78 is 27.7. The molecule has 0 aliphatic carbocycles. The molecule has 5 rings (SSSR count). The van der Waals surface area contributed by atoms with Crippen LogP contribution in [0.2, 0.25) is 0 Å². The first kappa shape index (κ1) is 19.8. The fraction of sp³-hybridized carbons (Fsp3) is 0.435. The molecule has 0 aromatic heterocycles. The molecule has 3 aliphatic heterocycles. The molecule has 8 heteroatoms. The lowest BCUT2D eigenvalue weighted by Gasteiger charge is -2.33. The zero-order valence-corrected chi connectivity index (χ0v) is 17.5. The number of fused-ring (bicyclic) bond motifs is 1. The SMILES string of the molecule is COc1ccc(N2C[C@H](CN3CCC(Oc4ccc5c(c4)OCO5)CC3)OC2=O)cc1. The minimum atomic E-state index is -0.295. The number of methoxy groups -OCH3 is 1. The van der Waals surface area contributed by atoms with Gasteiger partial charge in [0.1, 0.15) is 23.7 Å². The molecule has 0 unspecified atom stereocenters. The van der Waals surface area contributed by atoms with Gasteiger partial charge in [-0.05, 0) is 49.2 Å². The lowest BCUT2D eigenvalue weighted by Crippen LogP contribution is -2.42. The number of hydrogen-bond donors (Lipinski definition) is 0. The maximum absolute atomic E-state index is 12.3. The van der Waals surface area contributed by atoms with Gasteiger partial charge in [0.25, 0.3) is 0 Å². The zero-order valence-electron chi connectivity index (χ0n) is 17.5. The Morgan fingerprint density at radius 2 is 1.74 bits per heavy atom. The molecule has 1 atom stereocenters. The smallest absolute Gasteiger partial charge is 0.414 e. The van der Waals surface area contributed by atoms with Crippen LogP contribution in [0.3, 0.4) is 0 Å². The van der Waals surface area contributed by atoms with E-state index in [1.807, 2.05) is 42.5 Å². The second kappa shape index (κ2) is 8.55. The van der Waals surface area contributed by atoms with Crippen molar-refractivity contribution in [2.75, 3.05) is 45.0 Å². The van der Waals surface area contributed by atoms with Gasteiger partial charge in [-0.1, -0.05) is 0 Å². The van der Waals surface area contributed by atoms with Gasteiger partial charge in [0.05, 0.1) is 13.7 Å². The highest BCUT2D eigenvalue weighted by molar-refractivity contribution is 5.89. The van der Waals surface area contributed by atoms with Gasteiger partial charge in [0.15, 0.2) is 11.5 Å². The van der Waals surface area contributed by atoms with E-state index < -0.39 is 0 Å². The van der Waals surface area contributed by atoms with Crippen LogP contribution in [0.4, 0.5) is 10.5 Å². The fourth-order valence-corrected chi connectivity index (χ4v) is 4.23. The first-order valence-electron chi connectivity index (χ1n) is 10.6. The molecule has 2 aromatic rings. The van der Waals surface area contributed by atoms with Gasteiger partial charge >= 0.3 is 6.09 Å². The van der Waals surface area contributed by atoms with Crippen LogP contribution in [0.1, 0.15) is 12.8 Å². The third kappa shape index (κ3) is 4.34. The summed E-state index contributed by atoms with van der Waals surface area (Å²) in [4.78, 5) is 16.4. The molecule has 2 saturated heterocycles. The highest BCUT2D eigenvalue weighted by Gasteiger charge is 2.34. The summed E-state index contributed by atoms with van der Waals surface area (Å²) in [7, 11) is 1.62. The molecule has 1 amide bonds.